The van der Waals surface area contributed by atoms with E-state index < -0.39 is 10.1 Å². The number of thioether (sulfide) groups is 1. The third kappa shape index (κ3) is 2.42. The smallest absolute Gasteiger partial charge is 0.307 e. The van der Waals surface area contributed by atoms with Gasteiger partial charge < -0.3 is 4.18 Å². The molecule has 0 amide bonds. The van der Waals surface area contributed by atoms with Gasteiger partial charge in [-0.1, -0.05) is 11.8 Å². The van der Waals surface area contributed by atoms with Crippen molar-refractivity contribution in [3.05, 3.63) is 35.8 Å². The minimum Gasteiger partial charge on any atom is -0.363 e. The maximum Gasteiger partial charge on any atom is 0.307 e. The Morgan fingerprint density at radius 1 is 1.47 bits per heavy atom. The van der Waals surface area contributed by atoms with E-state index >= 15 is 0 Å². The second-order valence-electron chi connectivity index (χ2n) is 2.83. The van der Waals surface area contributed by atoms with Gasteiger partial charge in [-0.25, -0.2) is 4.99 Å². The van der Waals surface area contributed by atoms with Crippen LogP contribution >= 0.6 is 11.8 Å². The van der Waals surface area contributed by atoms with E-state index in [0.717, 1.165) is 6.26 Å². The molecule has 15 heavy (non-hydrogen) atoms. The number of allylic oxidation sites excluding steroid dienone is 2. The summed E-state index contributed by atoms with van der Waals surface area (Å²) in [5, 5.41) is 2.27. The van der Waals surface area contributed by atoms with Crippen molar-refractivity contribution in [2.45, 2.75) is 0 Å². The lowest BCUT2D eigenvalue weighted by atomic mass is 10.5. The maximum absolute atomic E-state index is 11.0. The van der Waals surface area contributed by atoms with Crippen LogP contribution in [0.4, 0.5) is 0 Å². The second kappa shape index (κ2) is 3.74. The highest BCUT2D eigenvalue weighted by atomic mass is 32.2. The molecule has 80 valence electrons. The molecule has 0 saturated heterocycles. The molecule has 0 aromatic carbocycles. The molecule has 2 rings (SSSR count). The lowest BCUT2D eigenvalue weighted by Gasteiger charge is -2.15. The zero-order valence-electron chi connectivity index (χ0n) is 7.82. The summed E-state index contributed by atoms with van der Waals surface area (Å²) in [5.74, 6) is 0.251. The van der Waals surface area contributed by atoms with Crippen molar-refractivity contribution in [1.29, 1.82) is 0 Å². The molecule has 2 aliphatic heterocycles. The Hall–Kier alpha value is -1.21. The molecule has 0 bridgehead atoms. The van der Waals surface area contributed by atoms with Gasteiger partial charge in [0.15, 0.2) is 5.17 Å². The van der Waals surface area contributed by atoms with Crippen LogP contribution in [0.3, 0.4) is 0 Å². The van der Waals surface area contributed by atoms with Crippen molar-refractivity contribution < 1.29 is 12.6 Å². The average Bonchev–Trinajstić information content (AvgIpc) is 2.35. The van der Waals surface area contributed by atoms with Crippen LogP contribution in [0.5, 0.6) is 0 Å². The Morgan fingerprint density at radius 3 is 3.00 bits per heavy atom. The fourth-order valence-electron chi connectivity index (χ4n) is 1.05. The summed E-state index contributed by atoms with van der Waals surface area (Å²) in [4.78, 5) is 5.68. The standard InChI is InChI=1S/C8H8N2O3S2/c1-15(11,12)13-7-6-14-8-9-4-2-3-5-10(7)8/h2-6H,1H3. The van der Waals surface area contributed by atoms with Crippen molar-refractivity contribution in [1.82, 2.24) is 4.90 Å². The van der Waals surface area contributed by atoms with Crippen LogP contribution in [0.1, 0.15) is 0 Å². The van der Waals surface area contributed by atoms with Crippen molar-refractivity contribution in [2.75, 3.05) is 6.26 Å². The summed E-state index contributed by atoms with van der Waals surface area (Å²) >= 11 is 1.31. The number of nitrogens with zero attached hydrogens (tertiary/aromatic N) is 2. The molecule has 2 heterocycles. The number of amidine groups is 1. The van der Waals surface area contributed by atoms with Crippen LogP contribution in [0.15, 0.2) is 40.8 Å². The molecular weight excluding hydrogens is 236 g/mol. The molecule has 5 nitrogen and oxygen atoms in total. The van der Waals surface area contributed by atoms with E-state index in [0.29, 0.717) is 5.17 Å². The van der Waals surface area contributed by atoms with Gasteiger partial charge in [0.05, 0.1) is 6.26 Å². The predicted octanol–water partition coefficient (Wildman–Crippen LogP) is 1.21. The molecule has 0 unspecified atom stereocenters. The predicted molar refractivity (Wildman–Crippen MR) is 59.2 cm³/mol. The summed E-state index contributed by atoms with van der Waals surface area (Å²) in [6.07, 6.45) is 7.84. The minimum absolute atomic E-state index is 0.251. The van der Waals surface area contributed by atoms with E-state index in [1.807, 2.05) is 0 Å². The molecule has 0 spiro atoms. The van der Waals surface area contributed by atoms with Crippen LogP contribution in [-0.4, -0.2) is 24.7 Å². The number of aliphatic imine (C=N–C) groups is 1. The molecular formula is C8H8N2O3S2. The number of fused-ring (bicyclic) bond motifs is 1. The Kier molecular flexibility index (Phi) is 2.57. The van der Waals surface area contributed by atoms with Gasteiger partial charge in [-0.3, -0.25) is 4.90 Å². The van der Waals surface area contributed by atoms with Gasteiger partial charge in [-0.15, -0.1) is 0 Å². The molecule has 0 fully saturated rings. The van der Waals surface area contributed by atoms with Crippen molar-refractivity contribution in [3.63, 3.8) is 0 Å². The first-order valence-corrected chi connectivity index (χ1v) is 6.72. The van der Waals surface area contributed by atoms with Crippen LogP contribution in [0, 0.1) is 0 Å². The zero-order valence-corrected chi connectivity index (χ0v) is 9.46. The van der Waals surface area contributed by atoms with Crippen molar-refractivity contribution in [2.24, 2.45) is 4.99 Å². The van der Waals surface area contributed by atoms with Crippen LogP contribution in [0.25, 0.3) is 0 Å². The zero-order chi connectivity index (χ0) is 10.9. The quantitative estimate of drug-likeness (QED) is 0.683. The molecule has 0 aliphatic carbocycles. The first-order valence-electron chi connectivity index (χ1n) is 4.03. The lowest BCUT2D eigenvalue weighted by molar-refractivity contribution is 0.342. The van der Waals surface area contributed by atoms with E-state index in [1.54, 1.807) is 34.9 Å². The number of hydrogen-bond acceptors (Lipinski definition) is 6. The van der Waals surface area contributed by atoms with Gasteiger partial charge in [0, 0.05) is 17.8 Å². The minimum atomic E-state index is -3.50. The Balaban J connectivity index is 2.24. The molecule has 2 aliphatic rings. The van der Waals surface area contributed by atoms with Gasteiger partial charge in [-0.05, 0) is 12.2 Å². The topological polar surface area (TPSA) is 59.0 Å². The maximum atomic E-state index is 11.0. The van der Waals surface area contributed by atoms with Gasteiger partial charge in [0.2, 0.25) is 5.88 Å². The SMILES string of the molecule is CS(=O)(=O)OC1=CSC2=NC=CC=CN12. The van der Waals surface area contributed by atoms with Crippen LogP contribution in [0.2, 0.25) is 0 Å². The fraction of sp³-hybridized carbons (Fsp3) is 0.125. The van der Waals surface area contributed by atoms with Gasteiger partial charge in [0.1, 0.15) is 0 Å². The summed E-state index contributed by atoms with van der Waals surface area (Å²) in [6.45, 7) is 0. The van der Waals surface area contributed by atoms with Gasteiger partial charge in [0.25, 0.3) is 0 Å². The first-order chi connectivity index (χ1) is 7.06. The third-order valence-corrected chi connectivity index (χ3v) is 2.87. The first kappa shape index (κ1) is 10.3. The molecule has 0 aromatic rings. The number of hydrogen-bond donors (Lipinski definition) is 0. The third-order valence-electron chi connectivity index (χ3n) is 1.56. The highest BCUT2D eigenvalue weighted by Gasteiger charge is 2.25. The van der Waals surface area contributed by atoms with Gasteiger partial charge in [-0.2, -0.15) is 8.42 Å². The highest BCUT2D eigenvalue weighted by Crippen LogP contribution is 2.29. The van der Waals surface area contributed by atoms with E-state index in [4.69, 9.17) is 4.18 Å². The monoisotopic (exact) mass is 244 g/mol. The highest BCUT2D eigenvalue weighted by molar-refractivity contribution is 8.16. The molecule has 7 heteroatoms. The normalized spacial score (nSPS) is 19.4. The lowest BCUT2D eigenvalue weighted by Crippen LogP contribution is -2.20. The Labute approximate surface area is 91.9 Å². The van der Waals surface area contributed by atoms with E-state index in [-0.39, 0.29) is 5.88 Å². The second-order valence-corrected chi connectivity index (χ2v) is 5.24. The Morgan fingerprint density at radius 2 is 2.27 bits per heavy atom. The largest absolute Gasteiger partial charge is 0.363 e. The van der Waals surface area contributed by atoms with E-state index in [2.05, 4.69) is 4.99 Å². The molecule has 0 aromatic heterocycles. The van der Waals surface area contributed by atoms with E-state index in [1.165, 1.54) is 11.8 Å². The molecule has 0 radical (unpaired) electrons. The molecule has 0 atom stereocenters. The fourth-order valence-corrected chi connectivity index (χ4v) is 2.30. The van der Waals surface area contributed by atoms with Crippen molar-refractivity contribution in [3.8, 4) is 0 Å². The summed E-state index contributed by atoms with van der Waals surface area (Å²) in [5.41, 5.74) is 0. The van der Waals surface area contributed by atoms with Crippen LogP contribution in [-0.2, 0) is 14.3 Å². The summed E-state index contributed by atoms with van der Waals surface area (Å²) < 4.78 is 26.7. The molecule has 0 saturated carbocycles. The van der Waals surface area contributed by atoms with E-state index in [9.17, 15) is 8.42 Å². The van der Waals surface area contributed by atoms with Gasteiger partial charge >= 0.3 is 10.1 Å². The summed E-state index contributed by atoms with van der Waals surface area (Å²) in [7, 11) is -3.50. The van der Waals surface area contributed by atoms with Crippen LogP contribution < -0.4 is 0 Å². The average molecular weight is 244 g/mol. The summed E-state index contributed by atoms with van der Waals surface area (Å²) in [6, 6.07) is 0. The number of rotatable bonds is 2. The van der Waals surface area contributed by atoms with Crippen molar-refractivity contribution >= 4 is 27.0 Å². The molecule has 0 N–H and O–H groups in total. The Bertz CT molecular complexity index is 488.